The molecule has 0 aliphatic rings. The van der Waals surface area contributed by atoms with Gasteiger partial charge in [0.25, 0.3) is 0 Å². The van der Waals surface area contributed by atoms with Gasteiger partial charge in [0.15, 0.2) is 0 Å². The molecular weight excluding hydrogens is 269 g/mol. The molecule has 2 aromatic heterocycles. The lowest BCUT2D eigenvalue weighted by Crippen LogP contribution is -2.08. The van der Waals surface area contributed by atoms with E-state index in [0.29, 0.717) is 6.54 Å². The molecule has 0 saturated carbocycles. The molecule has 21 heavy (non-hydrogen) atoms. The van der Waals surface area contributed by atoms with Gasteiger partial charge >= 0.3 is 0 Å². The Kier molecular flexibility index (Phi) is 4.04. The molecule has 2 heterocycles. The van der Waals surface area contributed by atoms with Crippen LogP contribution in [0.1, 0.15) is 17.8 Å². The Morgan fingerprint density at radius 1 is 1.10 bits per heavy atom. The monoisotopic (exact) mass is 285 g/mol. The van der Waals surface area contributed by atoms with Gasteiger partial charge in [0, 0.05) is 25.4 Å². The third-order valence-corrected chi connectivity index (χ3v) is 3.29. The Morgan fingerprint density at radius 2 is 1.95 bits per heavy atom. The molecule has 0 amide bonds. The second-order valence-electron chi connectivity index (χ2n) is 4.83. The number of rotatable bonds is 6. The maximum absolute atomic E-state index is 12.9. The summed E-state index contributed by atoms with van der Waals surface area (Å²) in [6.45, 7) is 1.47. The van der Waals surface area contributed by atoms with Crippen LogP contribution in [0.5, 0.6) is 0 Å². The zero-order valence-corrected chi connectivity index (χ0v) is 11.6. The highest BCUT2D eigenvalue weighted by Crippen LogP contribution is 2.07. The van der Waals surface area contributed by atoms with Gasteiger partial charge in [0.05, 0.1) is 6.54 Å². The number of halogens is 1. The standard InChI is InChI=1S/C15H16FN5/c16-14-6-4-13(5-7-14)11-21-15(17-12-19-21)3-1-9-20-10-2-8-18-20/h2,4-8,10,12H,1,3,9,11H2. The van der Waals surface area contributed by atoms with Crippen LogP contribution in [0.2, 0.25) is 0 Å². The summed E-state index contributed by atoms with van der Waals surface area (Å²) in [5.74, 6) is 0.711. The molecule has 0 aliphatic heterocycles. The largest absolute Gasteiger partial charge is 0.273 e. The van der Waals surface area contributed by atoms with E-state index < -0.39 is 0 Å². The highest BCUT2D eigenvalue weighted by atomic mass is 19.1. The van der Waals surface area contributed by atoms with Crippen LogP contribution in [0, 0.1) is 5.82 Å². The summed E-state index contributed by atoms with van der Waals surface area (Å²) in [4.78, 5) is 4.30. The van der Waals surface area contributed by atoms with Gasteiger partial charge in [-0.05, 0) is 30.2 Å². The molecule has 0 unspecified atom stereocenters. The zero-order chi connectivity index (χ0) is 14.5. The number of hydrogen-bond donors (Lipinski definition) is 0. The summed E-state index contributed by atoms with van der Waals surface area (Å²) < 4.78 is 16.7. The van der Waals surface area contributed by atoms with Crippen LogP contribution in [-0.4, -0.2) is 24.5 Å². The quantitative estimate of drug-likeness (QED) is 0.698. The lowest BCUT2D eigenvalue weighted by Gasteiger charge is -2.06. The number of aryl methyl sites for hydroxylation is 2. The third-order valence-electron chi connectivity index (χ3n) is 3.29. The fraction of sp³-hybridized carbons (Fsp3) is 0.267. The van der Waals surface area contributed by atoms with Crippen LogP contribution in [0.4, 0.5) is 4.39 Å². The molecule has 5 nitrogen and oxygen atoms in total. The second-order valence-corrected chi connectivity index (χ2v) is 4.83. The SMILES string of the molecule is Fc1ccc(Cn2ncnc2CCCn2cccn2)cc1. The van der Waals surface area contributed by atoms with Crippen LogP contribution < -0.4 is 0 Å². The van der Waals surface area contributed by atoms with E-state index in [4.69, 9.17) is 0 Å². The number of nitrogens with zero attached hydrogens (tertiary/aromatic N) is 5. The molecule has 0 aliphatic carbocycles. The molecule has 1 aromatic carbocycles. The van der Waals surface area contributed by atoms with Crippen LogP contribution in [-0.2, 0) is 19.5 Å². The Morgan fingerprint density at radius 3 is 2.71 bits per heavy atom. The van der Waals surface area contributed by atoms with Gasteiger partial charge in [-0.2, -0.15) is 10.2 Å². The van der Waals surface area contributed by atoms with E-state index in [9.17, 15) is 4.39 Å². The van der Waals surface area contributed by atoms with Gasteiger partial charge in [-0.3, -0.25) is 4.68 Å². The molecule has 108 valence electrons. The van der Waals surface area contributed by atoms with Gasteiger partial charge in [0.2, 0.25) is 0 Å². The molecule has 0 saturated heterocycles. The topological polar surface area (TPSA) is 48.5 Å². The van der Waals surface area contributed by atoms with Crippen LogP contribution in [0.3, 0.4) is 0 Å². The van der Waals surface area contributed by atoms with Crippen molar-refractivity contribution in [2.45, 2.75) is 25.9 Å². The fourth-order valence-corrected chi connectivity index (χ4v) is 2.21. The van der Waals surface area contributed by atoms with Crippen molar-refractivity contribution in [3.8, 4) is 0 Å². The number of aromatic nitrogens is 5. The lowest BCUT2D eigenvalue weighted by atomic mass is 10.2. The third kappa shape index (κ3) is 3.53. The smallest absolute Gasteiger partial charge is 0.138 e. The highest BCUT2D eigenvalue weighted by molar-refractivity contribution is 5.16. The van der Waals surface area contributed by atoms with Crippen LogP contribution in [0.15, 0.2) is 49.1 Å². The summed E-state index contributed by atoms with van der Waals surface area (Å²) in [6.07, 6.45) is 7.07. The van der Waals surface area contributed by atoms with Crippen molar-refractivity contribution in [3.05, 3.63) is 66.3 Å². The molecule has 0 spiro atoms. The Bertz CT molecular complexity index is 672. The van der Waals surface area contributed by atoms with Crippen LogP contribution >= 0.6 is 0 Å². The van der Waals surface area contributed by atoms with Gasteiger partial charge in [-0.25, -0.2) is 14.1 Å². The summed E-state index contributed by atoms with van der Waals surface area (Å²) in [5.41, 5.74) is 1.01. The van der Waals surface area contributed by atoms with Gasteiger partial charge in [-0.15, -0.1) is 0 Å². The molecule has 6 heteroatoms. The molecule has 0 N–H and O–H groups in total. The molecule has 0 atom stereocenters. The predicted molar refractivity (Wildman–Crippen MR) is 76.1 cm³/mol. The minimum atomic E-state index is -0.225. The lowest BCUT2D eigenvalue weighted by molar-refractivity contribution is 0.550. The van der Waals surface area contributed by atoms with Crippen LogP contribution in [0.25, 0.3) is 0 Å². The van der Waals surface area contributed by atoms with E-state index in [-0.39, 0.29) is 5.82 Å². The summed E-state index contributed by atoms with van der Waals surface area (Å²) in [7, 11) is 0. The van der Waals surface area contributed by atoms with Crippen molar-refractivity contribution in [2.75, 3.05) is 0 Å². The van der Waals surface area contributed by atoms with Crippen molar-refractivity contribution in [1.82, 2.24) is 24.5 Å². The average Bonchev–Trinajstić information content (AvgIpc) is 3.14. The van der Waals surface area contributed by atoms with Crippen molar-refractivity contribution in [3.63, 3.8) is 0 Å². The average molecular weight is 285 g/mol. The first kappa shape index (κ1) is 13.5. The molecular formula is C15H16FN5. The number of hydrogen-bond acceptors (Lipinski definition) is 3. The molecule has 0 fully saturated rings. The van der Waals surface area contributed by atoms with Crippen molar-refractivity contribution >= 4 is 0 Å². The first-order valence-electron chi connectivity index (χ1n) is 6.90. The van der Waals surface area contributed by atoms with Gasteiger partial charge < -0.3 is 0 Å². The zero-order valence-electron chi connectivity index (χ0n) is 11.6. The highest BCUT2D eigenvalue weighted by Gasteiger charge is 2.05. The maximum Gasteiger partial charge on any atom is 0.138 e. The second kappa shape index (κ2) is 6.30. The normalized spacial score (nSPS) is 10.9. The number of benzene rings is 1. The van der Waals surface area contributed by atoms with E-state index in [1.165, 1.54) is 12.1 Å². The molecule has 0 radical (unpaired) electrons. The van der Waals surface area contributed by atoms with Gasteiger partial charge in [0.1, 0.15) is 18.0 Å². The first-order valence-corrected chi connectivity index (χ1v) is 6.90. The predicted octanol–water partition coefficient (Wildman–Crippen LogP) is 2.29. The van der Waals surface area contributed by atoms with E-state index in [2.05, 4.69) is 15.2 Å². The van der Waals surface area contributed by atoms with Gasteiger partial charge in [-0.1, -0.05) is 12.1 Å². The Hall–Kier alpha value is -2.50. The summed E-state index contributed by atoms with van der Waals surface area (Å²) >= 11 is 0. The maximum atomic E-state index is 12.9. The minimum absolute atomic E-state index is 0.225. The van der Waals surface area contributed by atoms with Crippen molar-refractivity contribution in [2.24, 2.45) is 0 Å². The Labute approximate surface area is 122 Å². The molecule has 3 rings (SSSR count). The van der Waals surface area contributed by atoms with E-state index in [0.717, 1.165) is 30.8 Å². The van der Waals surface area contributed by atoms with Crippen molar-refractivity contribution in [1.29, 1.82) is 0 Å². The Balaban J connectivity index is 1.59. The summed E-state index contributed by atoms with van der Waals surface area (Å²) in [5, 5.41) is 8.41. The fourth-order valence-electron chi connectivity index (χ4n) is 2.21. The van der Waals surface area contributed by atoms with E-state index in [1.54, 1.807) is 24.7 Å². The summed E-state index contributed by atoms with van der Waals surface area (Å²) in [6, 6.07) is 8.37. The van der Waals surface area contributed by atoms with Crippen molar-refractivity contribution < 1.29 is 4.39 Å². The minimum Gasteiger partial charge on any atom is -0.273 e. The van der Waals surface area contributed by atoms with E-state index in [1.807, 2.05) is 21.6 Å². The molecule has 0 bridgehead atoms. The van der Waals surface area contributed by atoms with E-state index >= 15 is 0 Å². The first-order chi connectivity index (χ1) is 10.3. The molecule has 3 aromatic rings.